The van der Waals surface area contributed by atoms with Crippen molar-refractivity contribution < 1.29 is 4.74 Å². The maximum atomic E-state index is 5.83. The highest BCUT2D eigenvalue weighted by Gasteiger charge is 1.92. The Morgan fingerprint density at radius 1 is 1.36 bits per heavy atom. The predicted molar refractivity (Wildman–Crippen MR) is 64.1 cm³/mol. The number of ether oxygens (including phenoxy) is 1. The van der Waals surface area contributed by atoms with Gasteiger partial charge in [-0.2, -0.15) is 12.6 Å². The molecule has 1 nitrogen and oxygen atoms in total. The normalized spacial score (nSPS) is 11.0. The fraction of sp³-hybridized carbons (Fsp3) is 0.273. The largest absolute Gasteiger partial charge is 0.373 e. The van der Waals surface area contributed by atoms with E-state index in [9.17, 15) is 0 Å². The first-order valence-corrected chi connectivity index (χ1v) is 5.42. The Morgan fingerprint density at radius 3 is 2.93 bits per heavy atom. The predicted octanol–water partition coefficient (Wildman–Crippen LogP) is 3.34. The van der Waals surface area contributed by atoms with E-state index in [-0.39, 0.29) is 0 Å². The molecular weight excluding hydrogens is 216 g/mol. The summed E-state index contributed by atoms with van der Waals surface area (Å²) in [5.74, 6) is 0.751. The van der Waals surface area contributed by atoms with Gasteiger partial charge in [-0.3, -0.25) is 0 Å². The molecule has 0 aromatic heterocycles. The summed E-state index contributed by atoms with van der Waals surface area (Å²) in [5.41, 5.74) is 1.09. The highest BCUT2D eigenvalue weighted by Crippen LogP contribution is 2.11. The van der Waals surface area contributed by atoms with E-state index in [2.05, 4.69) is 12.6 Å². The van der Waals surface area contributed by atoms with E-state index in [0.29, 0.717) is 13.2 Å². The van der Waals surface area contributed by atoms with Gasteiger partial charge in [0.15, 0.2) is 0 Å². The molecule has 0 aliphatic rings. The van der Waals surface area contributed by atoms with Crippen molar-refractivity contribution in [2.24, 2.45) is 0 Å². The molecule has 1 aromatic carbocycles. The zero-order chi connectivity index (χ0) is 10.2. The molecule has 1 aromatic rings. The zero-order valence-electron chi connectivity index (χ0n) is 7.82. The van der Waals surface area contributed by atoms with Gasteiger partial charge < -0.3 is 4.74 Å². The standard InChI is InChI=1S/C11H13ClOS/c12-11-5-3-4-10(8-11)9-13-6-1-2-7-14/h1-5,8,14H,6-7,9H2. The summed E-state index contributed by atoms with van der Waals surface area (Å²) in [7, 11) is 0. The van der Waals surface area contributed by atoms with E-state index in [1.54, 1.807) is 0 Å². The molecule has 0 unspecified atom stereocenters. The van der Waals surface area contributed by atoms with Crippen molar-refractivity contribution in [1.82, 2.24) is 0 Å². The van der Waals surface area contributed by atoms with Crippen molar-refractivity contribution in [2.75, 3.05) is 12.4 Å². The summed E-state index contributed by atoms with van der Waals surface area (Å²) in [5, 5.41) is 0.747. The van der Waals surface area contributed by atoms with Crippen molar-refractivity contribution >= 4 is 24.2 Å². The van der Waals surface area contributed by atoms with Gasteiger partial charge in [0.05, 0.1) is 13.2 Å². The molecule has 0 saturated carbocycles. The Hall–Kier alpha value is -0.440. The molecule has 1 rings (SSSR count). The van der Waals surface area contributed by atoms with Gasteiger partial charge in [0, 0.05) is 10.8 Å². The monoisotopic (exact) mass is 228 g/mol. The number of halogens is 1. The quantitative estimate of drug-likeness (QED) is 0.462. The minimum atomic E-state index is 0.595. The summed E-state index contributed by atoms with van der Waals surface area (Å²) in [6, 6.07) is 7.68. The number of rotatable bonds is 5. The fourth-order valence-corrected chi connectivity index (χ4v) is 1.38. The second-order valence-electron chi connectivity index (χ2n) is 2.80. The molecule has 76 valence electrons. The van der Waals surface area contributed by atoms with Crippen LogP contribution in [0.1, 0.15) is 5.56 Å². The second kappa shape index (κ2) is 6.93. The van der Waals surface area contributed by atoms with Crippen molar-refractivity contribution in [3.05, 3.63) is 47.0 Å². The smallest absolute Gasteiger partial charge is 0.0721 e. The lowest BCUT2D eigenvalue weighted by molar-refractivity contribution is 0.148. The Bertz CT molecular complexity index is 299. The van der Waals surface area contributed by atoms with Crippen molar-refractivity contribution in [1.29, 1.82) is 0 Å². The zero-order valence-corrected chi connectivity index (χ0v) is 9.47. The Kier molecular flexibility index (Phi) is 5.76. The van der Waals surface area contributed by atoms with Crippen LogP contribution in [0.3, 0.4) is 0 Å². The minimum Gasteiger partial charge on any atom is -0.373 e. The number of thiol groups is 1. The van der Waals surface area contributed by atoms with Gasteiger partial charge in [-0.1, -0.05) is 35.9 Å². The minimum absolute atomic E-state index is 0.595. The maximum Gasteiger partial charge on any atom is 0.0721 e. The first-order valence-electron chi connectivity index (χ1n) is 4.41. The van der Waals surface area contributed by atoms with E-state index < -0.39 is 0 Å². The van der Waals surface area contributed by atoms with Crippen LogP contribution in [0.15, 0.2) is 36.4 Å². The number of benzene rings is 1. The van der Waals surface area contributed by atoms with E-state index >= 15 is 0 Å². The van der Waals surface area contributed by atoms with E-state index in [4.69, 9.17) is 16.3 Å². The lowest BCUT2D eigenvalue weighted by atomic mass is 10.2. The summed E-state index contributed by atoms with van der Waals surface area (Å²) in [6.45, 7) is 1.21. The third-order valence-electron chi connectivity index (χ3n) is 1.64. The molecule has 0 aliphatic carbocycles. The molecule has 14 heavy (non-hydrogen) atoms. The first-order chi connectivity index (χ1) is 6.83. The van der Waals surface area contributed by atoms with Gasteiger partial charge >= 0.3 is 0 Å². The van der Waals surface area contributed by atoms with Crippen LogP contribution in [-0.4, -0.2) is 12.4 Å². The van der Waals surface area contributed by atoms with Crippen LogP contribution in [-0.2, 0) is 11.3 Å². The Labute approximate surface area is 95.1 Å². The summed E-state index contributed by atoms with van der Waals surface area (Å²) >= 11 is 9.87. The molecule has 0 spiro atoms. The highest BCUT2D eigenvalue weighted by molar-refractivity contribution is 7.80. The molecule has 0 radical (unpaired) electrons. The fourth-order valence-electron chi connectivity index (χ4n) is 1.01. The van der Waals surface area contributed by atoms with Gasteiger partial charge in [0.25, 0.3) is 0 Å². The molecule has 0 bridgehead atoms. The molecular formula is C11H13ClOS. The van der Waals surface area contributed by atoms with Gasteiger partial charge in [0.1, 0.15) is 0 Å². The van der Waals surface area contributed by atoms with Gasteiger partial charge in [0.2, 0.25) is 0 Å². The lowest BCUT2D eigenvalue weighted by Gasteiger charge is -2.01. The SMILES string of the molecule is SCC=CCOCc1cccc(Cl)c1. The molecule has 3 heteroatoms. The van der Waals surface area contributed by atoms with Gasteiger partial charge in [-0.15, -0.1) is 0 Å². The third-order valence-corrected chi connectivity index (χ3v) is 2.09. The van der Waals surface area contributed by atoms with E-state index in [1.807, 2.05) is 36.4 Å². The summed E-state index contributed by atoms with van der Waals surface area (Å²) in [6.07, 6.45) is 3.92. The molecule has 0 N–H and O–H groups in total. The summed E-state index contributed by atoms with van der Waals surface area (Å²) in [4.78, 5) is 0. The van der Waals surface area contributed by atoms with Crippen LogP contribution in [0.2, 0.25) is 5.02 Å². The average Bonchev–Trinajstić information content (AvgIpc) is 2.18. The van der Waals surface area contributed by atoms with Crippen LogP contribution >= 0.6 is 24.2 Å². The van der Waals surface area contributed by atoms with Crippen molar-refractivity contribution in [3.8, 4) is 0 Å². The van der Waals surface area contributed by atoms with Crippen molar-refractivity contribution in [2.45, 2.75) is 6.61 Å². The van der Waals surface area contributed by atoms with Gasteiger partial charge in [-0.05, 0) is 17.7 Å². The Balaban J connectivity index is 2.28. The first kappa shape index (κ1) is 11.6. The third kappa shape index (κ3) is 4.70. The van der Waals surface area contributed by atoms with Crippen LogP contribution in [0.5, 0.6) is 0 Å². The molecule has 0 aliphatic heterocycles. The van der Waals surface area contributed by atoms with E-state index in [1.165, 1.54) is 0 Å². The number of hydrogen-bond acceptors (Lipinski definition) is 2. The molecule has 0 fully saturated rings. The Morgan fingerprint density at radius 2 is 2.21 bits per heavy atom. The van der Waals surface area contributed by atoms with Crippen LogP contribution in [0.25, 0.3) is 0 Å². The average molecular weight is 229 g/mol. The maximum absolute atomic E-state index is 5.83. The molecule has 0 atom stereocenters. The van der Waals surface area contributed by atoms with Crippen molar-refractivity contribution in [3.63, 3.8) is 0 Å². The lowest BCUT2D eigenvalue weighted by Crippen LogP contribution is -1.92. The molecule has 0 saturated heterocycles. The molecule has 0 heterocycles. The van der Waals surface area contributed by atoms with Crippen LogP contribution in [0.4, 0.5) is 0 Å². The highest BCUT2D eigenvalue weighted by atomic mass is 35.5. The van der Waals surface area contributed by atoms with Crippen LogP contribution < -0.4 is 0 Å². The topological polar surface area (TPSA) is 9.23 Å². The van der Waals surface area contributed by atoms with Gasteiger partial charge in [-0.25, -0.2) is 0 Å². The van der Waals surface area contributed by atoms with Crippen LogP contribution in [0, 0.1) is 0 Å². The second-order valence-corrected chi connectivity index (χ2v) is 3.60. The number of hydrogen-bond donors (Lipinski definition) is 1. The van der Waals surface area contributed by atoms with E-state index in [0.717, 1.165) is 16.3 Å². The summed E-state index contributed by atoms with van der Waals surface area (Å²) < 4.78 is 5.40. The molecule has 0 amide bonds.